The Morgan fingerprint density at radius 2 is 1.89 bits per heavy atom. The van der Waals surface area contributed by atoms with Gasteiger partial charge in [-0.05, 0) is 38.9 Å². The van der Waals surface area contributed by atoms with Gasteiger partial charge in [0.1, 0.15) is 0 Å². The van der Waals surface area contributed by atoms with E-state index in [9.17, 15) is 4.79 Å². The monoisotopic (exact) mass is 263 g/mol. The molecule has 3 nitrogen and oxygen atoms in total. The minimum Gasteiger partial charge on any atom is -0.466 e. The number of esters is 1. The first-order valence-corrected chi connectivity index (χ1v) is 6.91. The van der Waals surface area contributed by atoms with Gasteiger partial charge < -0.3 is 9.64 Å². The van der Waals surface area contributed by atoms with Crippen LogP contribution in [0, 0.1) is 0 Å². The third-order valence-electron chi connectivity index (χ3n) is 3.43. The van der Waals surface area contributed by atoms with Crippen LogP contribution >= 0.6 is 0 Å². The highest BCUT2D eigenvalue weighted by Gasteiger charge is 2.20. The van der Waals surface area contributed by atoms with Crippen molar-refractivity contribution in [2.45, 2.75) is 38.6 Å². The third-order valence-corrected chi connectivity index (χ3v) is 3.43. The van der Waals surface area contributed by atoms with Crippen LogP contribution in [0.1, 0.15) is 38.2 Å². The molecule has 0 aromatic heterocycles. The summed E-state index contributed by atoms with van der Waals surface area (Å²) in [5.74, 6) is 0.324. The first kappa shape index (κ1) is 15.7. The smallest absolute Gasteiger partial charge is 0.307 e. The second-order valence-electron chi connectivity index (χ2n) is 5.17. The van der Waals surface area contributed by atoms with Crippen molar-refractivity contribution < 1.29 is 9.53 Å². The predicted molar refractivity (Wildman–Crippen MR) is 78.2 cm³/mol. The average molecular weight is 263 g/mol. The molecule has 1 aromatic carbocycles. The Bertz CT molecular complexity index is 376. The standard InChI is InChI=1S/C16H25NO2/c1-5-19-16(18)12-15(17(3)4)11-13(2)14-9-7-6-8-10-14/h6-10,13,15H,5,11-12H2,1-4H3. The Hall–Kier alpha value is -1.35. The summed E-state index contributed by atoms with van der Waals surface area (Å²) < 4.78 is 5.04. The van der Waals surface area contributed by atoms with Crippen LogP contribution in [0.3, 0.4) is 0 Å². The summed E-state index contributed by atoms with van der Waals surface area (Å²) in [6.45, 7) is 4.50. The molecule has 0 radical (unpaired) electrons. The fourth-order valence-corrected chi connectivity index (χ4v) is 2.21. The number of benzene rings is 1. The predicted octanol–water partition coefficient (Wildman–Crippen LogP) is 3.06. The number of rotatable bonds is 7. The number of carbonyl (C=O) groups excluding carboxylic acids is 1. The van der Waals surface area contributed by atoms with E-state index in [4.69, 9.17) is 4.74 Å². The molecule has 2 atom stereocenters. The maximum absolute atomic E-state index is 11.6. The van der Waals surface area contributed by atoms with E-state index in [1.165, 1.54) is 5.56 Å². The molecule has 106 valence electrons. The van der Waals surface area contributed by atoms with Crippen LogP contribution in [-0.2, 0) is 9.53 Å². The molecule has 19 heavy (non-hydrogen) atoms. The number of hydrogen-bond donors (Lipinski definition) is 0. The fraction of sp³-hybridized carbons (Fsp3) is 0.562. The van der Waals surface area contributed by atoms with E-state index >= 15 is 0 Å². The van der Waals surface area contributed by atoms with Gasteiger partial charge in [-0.2, -0.15) is 0 Å². The second-order valence-corrected chi connectivity index (χ2v) is 5.17. The highest BCUT2D eigenvalue weighted by molar-refractivity contribution is 5.70. The lowest BCUT2D eigenvalue weighted by Crippen LogP contribution is -2.32. The molecule has 2 unspecified atom stereocenters. The van der Waals surface area contributed by atoms with Crippen LogP contribution in [0.5, 0.6) is 0 Å². The SMILES string of the molecule is CCOC(=O)CC(CC(C)c1ccccc1)N(C)C. The van der Waals surface area contributed by atoms with Gasteiger partial charge in [-0.3, -0.25) is 4.79 Å². The van der Waals surface area contributed by atoms with Crippen LogP contribution in [0.25, 0.3) is 0 Å². The zero-order chi connectivity index (χ0) is 14.3. The van der Waals surface area contributed by atoms with Crippen LogP contribution in [0.15, 0.2) is 30.3 Å². The van der Waals surface area contributed by atoms with Gasteiger partial charge in [-0.1, -0.05) is 37.3 Å². The Labute approximate surface area is 116 Å². The maximum Gasteiger partial charge on any atom is 0.307 e. The van der Waals surface area contributed by atoms with Crippen LogP contribution in [0.4, 0.5) is 0 Å². The van der Waals surface area contributed by atoms with Crippen molar-refractivity contribution in [3.63, 3.8) is 0 Å². The third kappa shape index (κ3) is 5.43. The number of carbonyl (C=O) groups is 1. The van der Waals surface area contributed by atoms with Crippen molar-refractivity contribution in [1.82, 2.24) is 4.90 Å². The summed E-state index contributed by atoms with van der Waals surface area (Å²) in [5, 5.41) is 0. The molecule has 3 heteroatoms. The van der Waals surface area contributed by atoms with Gasteiger partial charge in [0.2, 0.25) is 0 Å². The van der Waals surface area contributed by atoms with Gasteiger partial charge in [0.15, 0.2) is 0 Å². The quantitative estimate of drug-likeness (QED) is 0.708. The molecule has 0 fully saturated rings. The summed E-state index contributed by atoms with van der Waals surface area (Å²) >= 11 is 0. The second kappa shape index (κ2) is 7.95. The number of ether oxygens (including phenoxy) is 1. The Morgan fingerprint density at radius 3 is 2.42 bits per heavy atom. The lowest BCUT2D eigenvalue weighted by atomic mass is 9.92. The summed E-state index contributed by atoms with van der Waals surface area (Å²) in [4.78, 5) is 13.7. The summed E-state index contributed by atoms with van der Waals surface area (Å²) in [6.07, 6.45) is 1.41. The van der Waals surface area contributed by atoms with Crippen LogP contribution in [0.2, 0.25) is 0 Å². The normalized spacial score (nSPS) is 14.2. The molecular formula is C16H25NO2. The Kier molecular flexibility index (Phi) is 6.57. The molecule has 0 saturated heterocycles. The lowest BCUT2D eigenvalue weighted by molar-refractivity contribution is -0.144. The van der Waals surface area contributed by atoms with E-state index in [-0.39, 0.29) is 12.0 Å². The topological polar surface area (TPSA) is 29.5 Å². The van der Waals surface area contributed by atoms with E-state index < -0.39 is 0 Å². The van der Waals surface area contributed by atoms with Crippen molar-refractivity contribution in [2.75, 3.05) is 20.7 Å². The van der Waals surface area contributed by atoms with Gasteiger partial charge in [-0.15, -0.1) is 0 Å². The van der Waals surface area contributed by atoms with Crippen molar-refractivity contribution in [1.29, 1.82) is 0 Å². The van der Waals surface area contributed by atoms with E-state index in [0.29, 0.717) is 18.9 Å². The minimum absolute atomic E-state index is 0.110. The number of hydrogen-bond acceptors (Lipinski definition) is 3. The zero-order valence-electron chi connectivity index (χ0n) is 12.4. The molecule has 1 aromatic rings. The molecule has 0 aliphatic carbocycles. The molecule has 0 bridgehead atoms. The average Bonchev–Trinajstić information content (AvgIpc) is 2.39. The fourth-order valence-electron chi connectivity index (χ4n) is 2.21. The molecule has 0 spiro atoms. The summed E-state index contributed by atoms with van der Waals surface area (Å²) in [5.41, 5.74) is 1.32. The summed E-state index contributed by atoms with van der Waals surface area (Å²) in [7, 11) is 4.03. The van der Waals surface area contributed by atoms with E-state index in [0.717, 1.165) is 6.42 Å². The molecule has 0 amide bonds. The highest BCUT2D eigenvalue weighted by atomic mass is 16.5. The van der Waals surface area contributed by atoms with Gasteiger partial charge in [0.25, 0.3) is 0 Å². The first-order chi connectivity index (χ1) is 9.04. The van der Waals surface area contributed by atoms with Crippen molar-refractivity contribution >= 4 is 5.97 Å². The Balaban J connectivity index is 2.61. The van der Waals surface area contributed by atoms with E-state index in [1.807, 2.05) is 27.1 Å². The van der Waals surface area contributed by atoms with E-state index in [2.05, 4.69) is 36.1 Å². The zero-order valence-corrected chi connectivity index (χ0v) is 12.4. The van der Waals surface area contributed by atoms with Crippen molar-refractivity contribution in [3.8, 4) is 0 Å². The highest BCUT2D eigenvalue weighted by Crippen LogP contribution is 2.23. The first-order valence-electron chi connectivity index (χ1n) is 6.91. The van der Waals surface area contributed by atoms with Crippen molar-refractivity contribution in [3.05, 3.63) is 35.9 Å². The van der Waals surface area contributed by atoms with Gasteiger partial charge in [0.05, 0.1) is 13.0 Å². The van der Waals surface area contributed by atoms with Crippen LogP contribution < -0.4 is 0 Å². The van der Waals surface area contributed by atoms with Gasteiger partial charge >= 0.3 is 5.97 Å². The summed E-state index contributed by atoms with van der Waals surface area (Å²) in [6, 6.07) is 10.6. The lowest BCUT2D eigenvalue weighted by Gasteiger charge is -2.26. The molecule has 0 saturated carbocycles. The van der Waals surface area contributed by atoms with Gasteiger partial charge in [0, 0.05) is 6.04 Å². The minimum atomic E-state index is -0.110. The van der Waals surface area contributed by atoms with Crippen LogP contribution in [-0.4, -0.2) is 37.6 Å². The van der Waals surface area contributed by atoms with Crippen molar-refractivity contribution in [2.24, 2.45) is 0 Å². The molecular weight excluding hydrogens is 238 g/mol. The molecule has 1 rings (SSSR count). The molecule has 0 heterocycles. The maximum atomic E-state index is 11.6. The molecule has 0 N–H and O–H groups in total. The molecule has 0 aliphatic heterocycles. The van der Waals surface area contributed by atoms with Gasteiger partial charge in [-0.25, -0.2) is 0 Å². The Morgan fingerprint density at radius 1 is 1.26 bits per heavy atom. The van der Waals surface area contributed by atoms with E-state index in [1.54, 1.807) is 0 Å². The molecule has 0 aliphatic rings. The largest absolute Gasteiger partial charge is 0.466 e. The number of nitrogens with zero attached hydrogens (tertiary/aromatic N) is 1.